The molecule has 4 heteroatoms. The molecule has 1 aromatic carbocycles. The number of rotatable bonds is 5. The molecule has 20 heavy (non-hydrogen) atoms. The quantitative estimate of drug-likeness (QED) is 0.881. The molecule has 1 heterocycles. The Balaban J connectivity index is 2.30. The van der Waals surface area contributed by atoms with Crippen molar-refractivity contribution in [3.05, 3.63) is 35.1 Å². The van der Waals surface area contributed by atoms with Crippen molar-refractivity contribution in [1.29, 1.82) is 0 Å². The van der Waals surface area contributed by atoms with Crippen LogP contribution in [0.15, 0.2) is 22.8 Å². The van der Waals surface area contributed by atoms with Crippen molar-refractivity contribution in [1.82, 2.24) is 5.32 Å². The monoisotopic (exact) mass is 275 g/mol. The second-order valence-corrected chi connectivity index (χ2v) is 5.37. The average Bonchev–Trinajstić information content (AvgIpc) is 2.77. The van der Waals surface area contributed by atoms with E-state index < -0.39 is 0 Å². The van der Waals surface area contributed by atoms with Gasteiger partial charge < -0.3 is 14.8 Å². The van der Waals surface area contributed by atoms with Gasteiger partial charge in [0.15, 0.2) is 0 Å². The number of aliphatic hydroxyl groups is 1. The molecular weight excluding hydrogens is 254 g/mol. The zero-order chi connectivity index (χ0) is 14.7. The lowest BCUT2D eigenvalue weighted by Gasteiger charge is -2.10. The van der Waals surface area contributed by atoms with Gasteiger partial charge in [-0.1, -0.05) is 13.8 Å². The van der Waals surface area contributed by atoms with Gasteiger partial charge in [0.2, 0.25) is 5.91 Å². The SMILES string of the molecule is Cc1cc2occ(CC(=O)NCCO)c2cc1C(C)C. The van der Waals surface area contributed by atoms with Gasteiger partial charge in [-0.2, -0.15) is 0 Å². The van der Waals surface area contributed by atoms with E-state index in [-0.39, 0.29) is 25.5 Å². The molecule has 0 saturated heterocycles. The molecule has 108 valence electrons. The van der Waals surface area contributed by atoms with E-state index in [0.29, 0.717) is 5.92 Å². The molecular formula is C16H21NO3. The lowest BCUT2D eigenvalue weighted by atomic mass is 9.95. The number of aliphatic hydroxyl groups excluding tert-OH is 1. The Morgan fingerprint density at radius 1 is 1.40 bits per heavy atom. The van der Waals surface area contributed by atoms with Crippen molar-refractivity contribution in [3.8, 4) is 0 Å². The Kier molecular flexibility index (Phi) is 4.45. The minimum absolute atomic E-state index is 0.0471. The lowest BCUT2D eigenvalue weighted by Crippen LogP contribution is -2.27. The summed E-state index contributed by atoms with van der Waals surface area (Å²) >= 11 is 0. The zero-order valence-corrected chi connectivity index (χ0v) is 12.2. The number of benzene rings is 1. The Labute approximate surface area is 118 Å². The lowest BCUT2D eigenvalue weighted by molar-refractivity contribution is -0.120. The van der Waals surface area contributed by atoms with E-state index in [9.17, 15) is 4.79 Å². The molecule has 2 N–H and O–H groups in total. The van der Waals surface area contributed by atoms with Gasteiger partial charge in [0.05, 0.1) is 19.3 Å². The fraction of sp³-hybridized carbons (Fsp3) is 0.438. The topological polar surface area (TPSA) is 62.5 Å². The first-order valence-corrected chi connectivity index (χ1v) is 6.91. The molecule has 0 aliphatic carbocycles. The van der Waals surface area contributed by atoms with Crippen LogP contribution < -0.4 is 5.32 Å². The van der Waals surface area contributed by atoms with Crippen LogP contribution in [0.3, 0.4) is 0 Å². The molecule has 1 amide bonds. The Bertz CT molecular complexity index is 613. The molecule has 1 aromatic heterocycles. The minimum Gasteiger partial charge on any atom is -0.464 e. The second kappa shape index (κ2) is 6.09. The summed E-state index contributed by atoms with van der Waals surface area (Å²) in [5.74, 6) is 0.332. The molecule has 0 radical (unpaired) electrons. The van der Waals surface area contributed by atoms with Crippen molar-refractivity contribution in [2.24, 2.45) is 0 Å². The molecule has 0 saturated carbocycles. The van der Waals surface area contributed by atoms with Gasteiger partial charge in [-0.05, 0) is 36.1 Å². The summed E-state index contributed by atoms with van der Waals surface area (Å²) in [4.78, 5) is 11.7. The maximum atomic E-state index is 11.7. The predicted octanol–water partition coefficient (Wildman–Crippen LogP) is 2.52. The average molecular weight is 275 g/mol. The Morgan fingerprint density at radius 3 is 2.80 bits per heavy atom. The Hall–Kier alpha value is -1.81. The highest BCUT2D eigenvalue weighted by Gasteiger charge is 2.13. The van der Waals surface area contributed by atoms with E-state index in [1.165, 1.54) is 11.1 Å². The normalized spacial score (nSPS) is 11.2. The summed E-state index contributed by atoms with van der Waals surface area (Å²) in [5.41, 5.74) is 4.18. The van der Waals surface area contributed by atoms with E-state index in [2.05, 4.69) is 32.2 Å². The third-order valence-corrected chi connectivity index (χ3v) is 3.45. The van der Waals surface area contributed by atoms with E-state index in [1.54, 1.807) is 6.26 Å². The molecule has 4 nitrogen and oxygen atoms in total. The summed E-state index contributed by atoms with van der Waals surface area (Å²) in [6.07, 6.45) is 1.92. The molecule has 0 aliphatic heterocycles. The number of aryl methyl sites for hydroxylation is 1. The number of fused-ring (bicyclic) bond motifs is 1. The fourth-order valence-electron chi connectivity index (χ4n) is 2.43. The van der Waals surface area contributed by atoms with E-state index in [0.717, 1.165) is 16.5 Å². The Morgan fingerprint density at radius 2 is 2.15 bits per heavy atom. The highest BCUT2D eigenvalue weighted by Crippen LogP contribution is 2.29. The smallest absolute Gasteiger partial charge is 0.224 e. The van der Waals surface area contributed by atoms with Gasteiger partial charge in [0.25, 0.3) is 0 Å². The van der Waals surface area contributed by atoms with Crippen LogP contribution in [0.1, 0.15) is 36.5 Å². The van der Waals surface area contributed by atoms with Gasteiger partial charge in [0.1, 0.15) is 5.58 Å². The van der Waals surface area contributed by atoms with Crippen LogP contribution in [-0.4, -0.2) is 24.2 Å². The molecule has 0 fully saturated rings. The summed E-state index contributed by atoms with van der Waals surface area (Å²) in [5, 5.41) is 12.4. The third-order valence-electron chi connectivity index (χ3n) is 3.45. The number of furan rings is 1. The molecule has 0 unspecified atom stereocenters. The number of amides is 1. The van der Waals surface area contributed by atoms with E-state index >= 15 is 0 Å². The summed E-state index contributed by atoms with van der Waals surface area (Å²) in [6, 6.07) is 4.15. The first kappa shape index (κ1) is 14.6. The van der Waals surface area contributed by atoms with Gasteiger partial charge in [-0.3, -0.25) is 4.79 Å². The molecule has 2 aromatic rings. The molecule has 0 spiro atoms. The maximum absolute atomic E-state index is 11.7. The van der Waals surface area contributed by atoms with Crippen LogP contribution in [0.25, 0.3) is 11.0 Å². The van der Waals surface area contributed by atoms with Gasteiger partial charge in [-0.25, -0.2) is 0 Å². The number of hydrogen-bond acceptors (Lipinski definition) is 3. The standard InChI is InChI=1S/C16H21NO3/c1-10(2)13-8-14-12(7-16(19)17-4-5-18)9-20-15(14)6-11(13)3/h6,8-10,18H,4-5,7H2,1-3H3,(H,17,19). The van der Waals surface area contributed by atoms with Crippen LogP contribution in [-0.2, 0) is 11.2 Å². The van der Waals surface area contributed by atoms with Crippen molar-refractivity contribution < 1.29 is 14.3 Å². The van der Waals surface area contributed by atoms with Crippen LogP contribution in [0.4, 0.5) is 0 Å². The fourth-order valence-corrected chi connectivity index (χ4v) is 2.43. The van der Waals surface area contributed by atoms with Crippen molar-refractivity contribution >= 4 is 16.9 Å². The van der Waals surface area contributed by atoms with Crippen molar-refractivity contribution in [2.45, 2.75) is 33.1 Å². The second-order valence-electron chi connectivity index (χ2n) is 5.37. The van der Waals surface area contributed by atoms with Crippen molar-refractivity contribution in [3.63, 3.8) is 0 Å². The molecule has 0 atom stereocenters. The van der Waals surface area contributed by atoms with Crippen LogP contribution in [0.2, 0.25) is 0 Å². The first-order valence-electron chi connectivity index (χ1n) is 6.91. The number of carbonyl (C=O) groups is 1. The maximum Gasteiger partial charge on any atom is 0.224 e. The zero-order valence-electron chi connectivity index (χ0n) is 12.2. The predicted molar refractivity (Wildman–Crippen MR) is 78.8 cm³/mol. The van der Waals surface area contributed by atoms with Crippen LogP contribution in [0.5, 0.6) is 0 Å². The van der Waals surface area contributed by atoms with E-state index in [1.807, 2.05) is 6.07 Å². The number of hydrogen-bond donors (Lipinski definition) is 2. The largest absolute Gasteiger partial charge is 0.464 e. The van der Waals surface area contributed by atoms with Crippen LogP contribution in [0, 0.1) is 6.92 Å². The summed E-state index contributed by atoms with van der Waals surface area (Å²) in [7, 11) is 0. The minimum atomic E-state index is -0.103. The van der Waals surface area contributed by atoms with E-state index in [4.69, 9.17) is 9.52 Å². The summed E-state index contributed by atoms with van der Waals surface area (Å²) < 4.78 is 5.54. The first-order chi connectivity index (χ1) is 9.52. The third kappa shape index (κ3) is 3.02. The van der Waals surface area contributed by atoms with Gasteiger partial charge >= 0.3 is 0 Å². The van der Waals surface area contributed by atoms with Crippen molar-refractivity contribution in [2.75, 3.05) is 13.2 Å². The molecule has 0 aliphatic rings. The number of nitrogens with one attached hydrogen (secondary N) is 1. The molecule has 0 bridgehead atoms. The van der Waals surface area contributed by atoms with Gasteiger partial charge in [-0.15, -0.1) is 0 Å². The number of carbonyl (C=O) groups excluding carboxylic acids is 1. The van der Waals surface area contributed by atoms with Crippen LogP contribution >= 0.6 is 0 Å². The highest BCUT2D eigenvalue weighted by molar-refractivity contribution is 5.88. The molecule has 2 rings (SSSR count). The summed E-state index contributed by atoms with van der Waals surface area (Å²) in [6.45, 7) is 6.62. The van der Waals surface area contributed by atoms with Gasteiger partial charge in [0, 0.05) is 17.5 Å². The highest BCUT2D eigenvalue weighted by atomic mass is 16.3.